The zero-order chi connectivity index (χ0) is 23.4. The zero-order valence-corrected chi connectivity index (χ0v) is 22.1. The molecule has 174 valence electrons. The highest BCUT2D eigenvalue weighted by atomic mass is 31.2. The van der Waals surface area contributed by atoms with Crippen LogP contribution >= 0.6 is 7.05 Å². The van der Waals surface area contributed by atoms with Crippen LogP contribution in [0.25, 0.3) is 0 Å². The molecule has 33 heavy (non-hydrogen) atoms. The van der Waals surface area contributed by atoms with Gasteiger partial charge in [0.2, 0.25) is 5.69 Å². The van der Waals surface area contributed by atoms with Crippen LogP contribution in [-0.2, 0) is 0 Å². The second-order valence-corrected chi connectivity index (χ2v) is 13.7. The summed E-state index contributed by atoms with van der Waals surface area (Å²) in [5.41, 5.74) is 5.20. The van der Waals surface area contributed by atoms with Crippen molar-refractivity contribution in [2.24, 2.45) is 0 Å². The van der Waals surface area contributed by atoms with Gasteiger partial charge in [0.1, 0.15) is 6.54 Å². The van der Waals surface area contributed by atoms with Crippen LogP contribution in [0.4, 0.5) is 5.69 Å². The molecule has 0 radical (unpaired) electrons. The molecule has 0 saturated heterocycles. The fraction of sp³-hybridized carbons (Fsp3) is 0.419. The fourth-order valence-electron chi connectivity index (χ4n) is 5.98. The molecular formula is C31H41NP+. The van der Waals surface area contributed by atoms with Crippen molar-refractivity contribution in [1.82, 2.24) is 0 Å². The van der Waals surface area contributed by atoms with E-state index >= 15 is 0 Å². The lowest BCUT2D eigenvalue weighted by Gasteiger charge is -2.32. The van der Waals surface area contributed by atoms with Gasteiger partial charge in [-0.3, -0.25) is 0 Å². The molecule has 1 saturated carbocycles. The minimum absolute atomic E-state index is 0.491. The Morgan fingerprint density at radius 2 is 1.15 bits per heavy atom. The van der Waals surface area contributed by atoms with E-state index < -0.39 is 7.05 Å². The van der Waals surface area contributed by atoms with E-state index in [-0.39, 0.29) is 0 Å². The lowest BCUT2D eigenvalue weighted by atomic mass is 9.92. The third kappa shape index (κ3) is 4.38. The largest absolute Gasteiger partial charge is 0.215 e. The lowest BCUT2D eigenvalue weighted by molar-refractivity contribution is -0.416. The van der Waals surface area contributed by atoms with Gasteiger partial charge in [-0.1, -0.05) is 95.1 Å². The molecule has 1 aliphatic carbocycles. The number of benzene rings is 3. The Labute approximate surface area is 201 Å². The van der Waals surface area contributed by atoms with E-state index in [0.717, 1.165) is 6.54 Å². The van der Waals surface area contributed by atoms with E-state index in [4.69, 9.17) is 0 Å². The second kappa shape index (κ2) is 10.4. The molecule has 0 atom stereocenters. The molecule has 3 aromatic carbocycles. The van der Waals surface area contributed by atoms with E-state index in [0.29, 0.717) is 17.5 Å². The van der Waals surface area contributed by atoms with Crippen LogP contribution in [0.2, 0.25) is 0 Å². The minimum atomic E-state index is -1.88. The summed E-state index contributed by atoms with van der Waals surface area (Å²) in [4.78, 5) is 0. The average molecular weight is 459 g/mol. The standard InChI is InChI=1S/C31H41NP/c1-6-32(31-29(24(2)3)22-15-23-30(31)25(4)5)33(28-20-13-14-21-28,26-16-9-7-10-17-26)27-18-11-8-12-19-27/h7-12,15-19,22-25,28H,6,13-14,20-21H2,1-5H3/q+1. The van der Waals surface area contributed by atoms with Gasteiger partial charge in [0.05, 0.1) is 0 Å². The van der Waals surface area contributed by atoms with Crippen molar-refractivity contribution in [3.63, 3.8) is 0 Å². The van der Waals surface area contributed by atoms with E-state index in [1.165, 1.54) is 42.5 Å². The number of hydrogen-bond acceptors (Lipinski definition) is 0. The molecule has 0 N–H and O–H groups in total. The smallest absolute Gasteiger partial charge is 0.207 e. The molecule has 4 rings (SSSR count). The summed E-state index contributed by atoms with van der Waals surface area (Å²) >= 11 is 0. The average Bonchev–Trinajstić information content (AvgIpc) is 3.38. The van der Waals surface area contributed by atoms with Gasteiger partial charge in [-0.25, -0.2) is 4.33 Å². The van der Waals surface area contributed by atoms with E-state index in [1.54, 1.807) is 10.6 Å². The van der Waals surface area contributed by atoms with Gasteiger partial charge in [-0.2, -0.15) is 0 Å². The van der Waals surface area contributed by atoms with Gasteiger partial charge in [0.15, 0.2) is 7.05 Å². The van der Waals surface area contributed by atoms with Crippen molar-refractivity contribution in [3.05, 3.63) is 90.0 Å². The molecule has 0 heterocycles. The van der Waals surface area contributed by atoms with E-state index in [9.17, 15) is 0 Å². The lowest BCUT2D eigenvalue weighted by Crippen LogP contribution is -2.31. The number of hydrogen-bond donors (Lipinski definition) is 0. The van der Waals surface area contributed by atoms with Crippen molar-refractivity contribution in [2.75, 3.05) is 6.54 Å². The molecular weight excluding hydrogens is 417 g/mol. The Morgan fingerprint density at radius 3 is 1.55 bits per heavy atom. The third-order valence-corrected chi connectivity index (χ3v) is 12.4. The summed E-state index contributed by atoms with van der Waals surface area (Å²) in [5.74, 6) is 0.981. The maximum absolute atomic E-state index is 2.92. The van der Waals surface area contributed by atoms with Gasteiger partial charge in [0, 0.05) is 27.4 Å². The maximum Gasteiger partial charge on any atom is 0.207 e. The molecule has 0 aromatic heterocycles. The van der Waals surface area contributed by atoms with E-state index in [2.05, 4.69) is 118 Å². The Hall–Kier alpha value is -2.11. The first kappa shape index (κ1) is 24.0. The molecule has 1 fully saturated rings. The fourth-order valence-corrected chi connectivity index (χ4v) is 11.4. The van der Waals surface area contributed by atoms with Gasteiger partial charge >= 0.3 is 0 Å². The SMILES string of the molecule is CC[N+](c1c(C(C)C)cccc1C(C)C)=P(c1ccccc1)(c1ccccc1)C1CCCC1. The van der Waals surface area contributed by atoms with Crippen LogP contribution in [0.3, 0.4) is 0 Å². The quantitative estimate of drug-likeness (QED) is 0.313. The minimum Gasteiger partial charge on any atom is -0.215 e. The van der Waals surface area contributed by atoms with Gasteiger partial charge in [0.25, 0.3) is 0 Å². The topological polar surface area (TPSA) is 3.01 Å². The summed E-state index contributed by atoms with van der Waals surface area (Å²) in [7, 11) is -1.88. The third-order valence-electron chi connectivity index (χ3n) is 7.43. The summed E-state index contributed by atoms with van der Waals surface area (Å²) in [5, 5.41) is 3.08. The molecule has 0 aliphatic heterocycles. The highest BCUT2D eigenvalue weighted by Gasteiger charge is 2.45. The first-order valence-corrected chi connectivity index (χ1v) is 14.7. The molecule has 0 bridgehead atoms. The van der Waals surface area contributed by atoms with Crippen molar-refractivity contribution in [1.29, 1.82) is 0 Å². The number of nitrogens with zero attached hydrogens (tertiary/aromatic N) is 1. The van der Waals surface area contributed by atoms with Crippen LogP contribution in [0, 0.1) is 0 Å². The van der Waals surface area contributed by atoms with Gasteiger partial charge in [-0.15, -0.1) is 0 Å². The van der Waals surface area contributed by atoms with Crippen molar-refractivity contribution >= 4 is 23.4 Å². The first-order chi connectivity index (χ1) is 16.0. The number of rotatable bonds is 7. The summed E-state index contributed by atoms with van der Waals surface area (Å²) in [6.07, 6.45) is 5.36. The monoisotopic (exact) mass is 458 g/mol. The Bertz CT molecular complexity index is 1040. The van der Waals surface area contributed by atoms with Crippen molar-refractivity contribution in [2.45, 2.75) is 77.8 Å². The Morgan fingerprint density at radius 1 is 0.697 bits per heavy atom. The van der Waals surface area contributed by atoms with Crippen LogP contribution in [0.15, 0.2) is 78.9 Å². The Balaban J connectivity index is 2.26. The molecule has 0 unspecified atom stereocenters. The molecule has 2 heteroatoms. The van der Waals surface area contributed by atoms with Crippen molar-refractivity contribution in [3.8, 4) is 0 Å². The maximum atomic E-state index is 2.92. The molecule has 1 aliphatic rings. The highest BCUT2D eigenvalue weighted by molar-refractivity contribution is 7.79. The van der Waals surface area contributed by atoms with E-state index in [1.807, 2.05) is 0 Å². The summed E-state index contributed by atoms with van der Waals surface area (Å²) in [6, 6.07) is 30.1. The van der Waals surface area contributed by atoms with Crippen LogP contribution in [-0.4, -0.2) is 16.5 Å². The molecule has 3 aromatic rings. The molecule has 0 spiro atoms. The zero-order valence-electron chi connectivity index (χ0n) is 21.2. The molecule has 0 amide bonds. The van der Waals surface area contributed by atoms with Crippen LogP contribution < -0.4 is 10.6 Å². The van der Waals surface area contributed by atoms with Crippen LogP contribution in [0.1, 0.15) is 83.3 Å². The predicted molar refractivity (Wildman–Crippen MR) is 146 cm³/mol. The normalized spacial score (nSPS) is 14.9. The van der Waals surface area contributed by atoms with Gasteiger partial charge in [-0.05, 0) is 55.9 Å². The summed E-state index contributed by atoms with van der Waals surface area (Å²) < 4.78 is 2.92. The number of para-hydroxylation sites is 1. The van der Waals surface area contributed by atoms with Crippen LogP contribution in [0.5, 0.6) is 0 Å². The predicted octanol–water partition coefficient (Wildman–Crippen LogP) is 8.39. The Kier molecular flexibility index (Phi) is 7.60. The first-order valence-electron chi connectivity index (χ1n) is 12.9. The van der Waals surface area contributed by atoms with Gasteiger partial charge < -0.3 is 0 Å². The van der Waals surface area contributed by atoms with Crippen molar-refractivity contribution < 1.29 is 4.33 Å². The molecule has 1 nitrogen and oxygen atoms in total. The second-order valence-electron chi connectivity index (χ2n) is 10.1. The summed E-state index contributed by atoms with van der Waals surface area (Å²) in [6.45, 7) is 12.8. The highest BCUT2D eigenvalue weighted by Crippen LogP contribution is 2.59.